The number of carbonyl (C=O) groups is 1. The van der Waals surface area contributed by atoms with E-state index >= 15 is 0 Å². The highest BCUT2D eigenvalue weighted by Crippen LogP contribution is 2.21. The van der Waals surface area contributed by atoms with Gasteiger partial charge in [0.2, 0.25) is 0 Å². The molecule has 4 nitrogen and oxygen atoms in total. The van der Waals surface area contributed by atoms with Crippen LogP contribution < -0.4 is 0 Å². The zero-order valence-corrected chi connectivity index (χ0v) is 10.5. The lowest BCUT2D eigenvalue weighted by Crippen LogP contribution is -2.07. The minimum Gasteiger partial charge on any atom is -0.462 e. The summed E-state index contributed by atoms with van der Waals surface area (Å²) in [6.45, 7) is 2.02. The molecule has 0 saturated carbocycles. The highest BCUT2D eigenvalue weighted by molar-refractivity contribution is 6.32. The maximum Gasteiger partial charge on any atom is 0.341 e. The SMILES string of the molecule is CCOC(=O)c1cc(-c2ccccc2)nnc1Cl. The van der Waals surface area contributed by atoms with Crippen LogP contribution in [0, 0.1) is 0 Å². The van der Waals surface area contributed by atoms with Gasteiger partial charge in [0.1, 0.15) is 5.56 Å². The maximum atomic E-state index is 11.7. The Labute approximate surface area is 110 Å². The predicted octanol–water partition coefficient (Wildman–Crippen LogP) is 2.97. The fourth-order valence-electron chi connectivity index (χ4n) is 1.48. The molecule has 18 heavy (non-hydrogen) atoms. The van der Waals surface area contributed by atoms with Crippen LogP contribution in [-0.4, -0.2) is 22.8 Å². The summed E-state index contributed by atoms with van der Waals surface area (Å²) in [7, 11) is 0. The molecule has 0 spiro atoms. The fourth-order valence-corrected chi connectivity index (χ4v) is 1.65. The molecule has 0 aliphatic carbocycles. The average molecular weight is 263 g/mol. The van der Waals surface area contributed by atoms with Crippen LogP contribution in [0.2, 0.25) is 5.15 Å². The summed E-state index contributed by atoms with van der Waals surface area (Å²) in [6.07, 6.45) is 0. The third-order valence-electron chi connectivity index (χ3n) is 2.31. The molecule has 5 heteroatoms. The van der Waals surface area contributed by atoms with Crippen LogP contribution in [0.5, 0.6) is 0 Å². The standard InChI is InChI=1S/C13H11ClN2O2/c1-2-18-13(17)10-8-11(15-16-12(10)14)9-6-4-3-5-7-9/h3-8H,2H2,1H3. The highest BCUT2D eigenvalue weighted by Gasteiger charge is 2.15. The number of halogens is 1. The molecule has 0 bridgehead atoms. The van der Waals surface area contributed by atoms with Crippen molar-refractivity contribution in [1.82, 2.24) is 10.2 Å². The van der Waals surface area contributed by atoms with E-state index < -0.39 is 5.97 Å². The molecule has 0 unspecified atom stereocenters. The van der Waals surface area contributed by atoms with Gasteiger partial charge in [0.05, 0.1) is 12.3 Å². The number of esters is 1. The zero-order chi connectivity index (χ0) is 13.0. The van der Waals surface area contributed by atoms with Crippen LogP contribution in [0.1, 0.15) is 17.3 Å². The largest absolute Gasteiger partial charge is 0.462 e. The zero-order valence-electron chi connectivity index (χ0n) is 9.76. The van der Waals surface area contributed by atoms with Crippen molar-refractivity contribution in [3.05, 3.63) is 47.1 Å². The van der Waals surface area contributed by atoms with E-state index in [-0.39, 0.29) is 17.3 Å². The molecule has 0 radical (unpaired) electrons. The van der Waals surface area contributed by atoms with Crippen molar-refractivity contribution in [3.8, 4) is 11.3 Å². The quantitative estimate of drug-likeness (QED) is 0.798. The first-order valence-electron chi connectivity index (χ1n) is 5.48. The summed E-state index contributed by atoms with van der Waals surface area (Å²) in [5.74, 6) is -0.491. The van der Waals surface area contributed by atoms with Gasteiger partial charge in [-0.05, 0) is 13.0 Å². The molecule has 92 valence electrons. The van der Waals surface area contributed by atoms with Gasteiger partial charge in [0.25, 0.3) is 0 Å². The first-order valence-corrected chi connectivity index (χ1v) is 5.86. The van der Waals surface area contributed by atoms with E-state index in [1.54, 1.807) is 13.0 Å². The van der Waals surface area contributed by atoms with Crippen LogP contribution in [0.4, 0.5) is 0 Å². The van der Waals surface area contributed by atoms with Gasteiger partial charge < -0.3 is 4.74 Å². The van der Waals surface area contributed by atoms with Crippen molar-refractivity contribution >= 4 is 17.6 Å². The van der Waals surface area contributed by atoms with E-state index in [0.717, 1.165) is 5.56 Å². The van der Waals surface area contributed by atoms with Crippen molar-refractivity contribution in [1.29, 1.82) is 0 Å². The Balaban J connectivity index is 2.41. The van der Waals surface area contributed by atoms with E-state index in [9.17, 15) is 4.79 Å². The van der Waals surface area contributed by atoms with E-state index in [1.807, 2.05) is 30.3 Å². The number of carbonyl (C=O) groups excluding carboxylic acids is 1. The number of nitrogens with zero attached hydrogens (tertiary/aromatic N) is 2. The third kappa shape index (κ3) is 2.65. The Morgan fingerprint density at radius 1 is 1.28 bits per heavy atom. The molecule has 0 amide bonds. The monoisotopic (exact) mass is 262 g/mol. The summed E-state index contributed by atoms with van der Waals surface area (Å²) >= 11 is 5.84. The van der Waals surface area contributed by atoms with Gasteiger partial charge in [-0.2, -0.15) is 0 Å². The Morgan fingerprint density at radius 2 is 2.00 bits per heavy atom. The molecule has 2 aromatic rings. The normalized spacial score (nSPS) is 10.1. The lowest BCUT2D eigenvalue weighted by Gasteiger charge is -2.05. The molecule has 0 fully saturated rings. The smallest absolute Gasteiger partial charge is 0.341 e. The minimum absolute atomic E-state index is 0.0492. The molecule has 0 aliphatic rings. The van der Waals surface area contributed by atoms with E-state index in [0.29, 0.717) is 5.69 Å². The van der Waals surface area contributed by atoms with Crippen molar-refractivity contribution in [3.63, 3.8) is 0 Å². The molecular formula is C13H11ClN2O2. The second-order valence-corrected chi connectivity index (χ2v) is 3.88. The van der Waals surface area contributed by atoms with Crippen LogP contribution in [0.25, 0.3) is 11.3 Å². The lowest BCUT2D eigenvalue weighted by atomic mass is 10.1. The predicted molar refractivity (Wildman–Crippen MR) is 68.4 cm³/mol. The van der Waals surface area contributed by atoms with Crippen LogP contribution in [0.3, 0.4) is 0 Å². The Kier molecular flexibility index (Phi) is 3.89. The van der Waals surface area contributed by atoms with Crippen molar-refractivity contribution < 1.29 is 9.53 Å². The number of ether oxygens (including phenoxy) is 1. The Bertz CT molecular complexity index is 558. The van der Waals surface area contributed by atoms with Crippen LogP contribution in [-0.2, 0) is 4.74 Å². The lowest BCUT2D eigenvalue weighted by molar-refractivity contribution is 0.0526. The molecule has 0 aliphatic heterocycles. The van der Waals surface area contributed by atoms with Gasteiger partial charge in [-0.1, -0.05) is 41.9 Å². The molecule has 1 aromatic heterocycles. The van der Waals surface area contributed by atoms with E-state index in [1.165, 1.54) is 0 Å². The molecule has 0 N–H and O–H groups in total. The molecule has 1 heterocycles. The van der Waals surface area contributed by atoms with E-state index in [2.05, 4.69) is 10.2 Å². The molecule has 2 rings (SSSR count). The van der Waals surface area contributed by atoms with Crippen LogP contribution >= 0.6 is 11.6 Å². The van der Waals surface area contributed by atoms with Gasteiger partial charge in [0, 0.05) is 5.56 Å². The number of hydrogen-bond donors (Lipinski definition) is 0. The van der Waals surface area contributed by atoms with Crippen molar-refractivity contribution in [2.45, 2.75) is 6.92 Å². The number of aromatic nitrogens is 2. The summed E-state index contributed by atoms with van der Waals surface area (Å²) in [5, 5.41) is 7.78. The second-order valence-electron chi connectivity index (χ2n) is 3.52. The van der Waals surface area contributed by atoms with Gasteiger partial charge in [-0.15, -0.1) is 10.2 Å². The molecule has 0 saturated heterocycles. The summed E-state index contributed by atoms with van der Waals surface area (Å²) < 4.78 is 4.91. The van der Waals surface area contributed by atoms with Crippen molar-refractivity contribution in [2.24, 2.45) is 0 Å². The summed E-state index contributed by atoms with van der Waals surface area (Å²) in [5.41, 5.74) is 1.68. The number of hydrogen-bond acceptors (Lipinski definition) is 4. The summed E-state index contributed by atoms with van der Waals surface area (Å²) in [6, 6.07) is 11.0. The second kappa shape index (κ2) is 5.60. The molecule has 1 aromatic carbocycles. The minimum atomic E-state index is -0.491. The Hall–Kier alpha value is -1.94. The Morgan fingerprint density at radius 3 is 2.67 bits per heavy atom. The molecular weight excluding hydrogens is 252 g/mol. The third-order valence-corrected chi connectivity index (χ3v) is 2.59. The molecule has 0 atom stereocenters. The maximum absolute atomic E-state index is 11.7. The first kappa shape index (κ1) is 12.5. The van der Waals surface area contributed by atoms with Gasteiger partial charge >= 0.3 is 5.97 Å². The van der Waals surface area contributed by atoms with Crippen LogP contribution in [0.15, 0.2) is 36.4 Å². The number of benzene rings is 1. The average Bonchev–Trinajstić information content (AvgIpc) is 2.40. The fraction of sp³-hybridized carbons (Fsp3) is 0.154. The first-order chi connectivity index (χ1) is 8.72. The van der Waals surface area contributed by atoms with E-state index in [4.69, 9.17) is 16.3 Å². The number of rotatable bonds is 3. The van der Waals surface area contributed by atoms with Crippen molar-refractivity contribution in [2.75, 3.05) is 6.61 Å². The van der Waals surface area contributed by atoms with Gasteiger partial charge in [0.15, 0.2) is 5.15 Å². The highest BCUT2D eigenvalue weighted by atomic mass is 35.5. The topological polar surface area (TPSA) is 52.1 Å². The summed E-state index contributed by atoms with van der Waals surface area (Å²) in [4.78, 5) is 11.7. The van der Waals surface area contributed by atoms with Gasteiger partial charge in [-0.25, -0.2) is 4.79 Å². The van der Waals surface area contributed by atoms with Gasteiger partial charge in [-0.3, -0.25) is 0 Å².